The Kier molecular flexibility index (Phi) is 5.32. The Morgan fingerprint density at radius 3 is 2.57 bits per heavy atom. The number of amides is 1. The van der Waals surface area contributed by atoms with E-state index in [1.807, 2.05) is 42.5 Å². The number of hydrogen-bond donors (Lipinski definition) is 2. The average molecular weight is 285 g/mol. The minimum absolute atomic E-state index is 0.0262. The zero-order chi connectivity index (χ0) is 15.1. The Morgan fingerprint density at radius 1 is 1.00 bits per heavy atom. The van der Waals surface area contributed by atoms with E-state index < -0.39 is 5.97 Å². The molecule has 0 atom stereocenters. The van der Waals surface area contributed by atoms with Gasteiger partial charge in [-0.05, 0) is 29.2 Å². The molecule has 0 heterocycles. The summed E-state index contributed by atoms with van der Waals surface area (Å²) < 4.78 is 0. The topological polar surface area (TPSA) is 66.4 Å². The average Bonchev–Trinajstić information content (AvgIpc) is 2.47. The molecule has 0 aliphatic rings. The lowest BCUT2D eigenvalue weighted by Gasteiger charge is -2.07. The maximum absolute atomic E-state index is 11.9. The van der Waals surface area contributed by atoms with E-state index in [0.717, 1.165) is 16.3 Å². The Labute approximate surface area is 123 Å². The van der Waals surface area contributed by atoms with Crippen LogP contribution in [-0.2, 0) is 16.0 Å². The van der Waals surface area contributed by atoms with Crippen LogP contribution in [0.3, 0.4) is 0 Å². The number of aliphatic carboxylic acids is 1. The van der Waals surface area contributed by atoms with Crippen molar-refractivity contribution in [3.63, 3.8) is 0 Å². The highest BCUT2D eigenvalue weighted by Crippen LogP contribution is 2.18. The van der Waals surface area contributed by atoms with E-state index in [1.54, 1.807) is 0 Å². The van der Waals surface area contributed by atoms with Crippen molar-refractivity contribution in [1.82, 2.24) is 5.32 Å². The number of benzene rings is 2. The van der Waals surface area contributed by atoms with E-state index in [-0.39, 0.29) is 12.3 Å². The standard InChI is InChI=1S/C17H19NO3/c19-16(18-11-4-3-10-17(20)21)12-14-8-5-7-13-6-1-2-9-15(13)14/h1-2,5-9H,3-4,10-12H2,(H,18,19)(H,20,21). The van der Waals surface area contributed by atoms with E-state index in [4.69, 9.17) is 5.11 Å². The number of nitrogens with one attached hydrogen (secondary N) is 1. The van der Waals surface area contributed by atoms with Gasteiger partial charge in [0.25, 0.3) is 0 Å². The van der Waals surface area contributed by atoms with Gasteiger partial charge in [-0.1, -0.05) is 42.5 Å². The van der Waals surface area contributed by atoms with Gasteiger partial charge in [0, 0.05) is 13.0 Å². The molecule has 0 bridgehead atoms. The number of carboxylic acids is 1. The molecule has 21 heavy (non-hydrogen) atoms. The van der Waals surface area contributed by atoms with Gasteiger partial charge in [-0.15, -0.1) is 0 Å². The number of carboxylic acid groups (broad SMARTS) is 1. The molecule has 2 aromatic rings. The van der Waals surface area contributed by atoms with Gasteiger partial charge in [0.1, 0.15) is 0 Å². The smallest absolute Gasteiger partial charge is 0.303 e. The molecule has 1 amide bonds. The zero-order valence-electron chi connectivity index (χ0n) is 11.8. The summed E-state index contributed by atoms with van der Waals surface area (Å²) in [5, 5.41) is 13.6. The van der Waals surface area contributed by atoms with Gasteiger partial charge in [-0.25, -0.2) is 0 Å². The molecule has 4 nitrogen and oxygen atoms in total. The second kappa shape index (κ2) is 7.43. The van der Waals surface area contributed by atoms with Crippen molar-refractivity contribution in [3.05, 3.63) is 48.0 Å². The first-order chi connectivity index (χ1) is 10.2. The van der Waals surface area contributed by atoms with E-state index in [0.29, 0.717) is 25.8 Å². The SMILES string of the molecule is O=C(O)CCCCNC(=O)Cc1cccc2ccccc12. The summed E-state index contributed by atoms with van der Waals surface area (Å²) in [6.45, 7) is 0.525. The molecule has 2 N–H and O–H groups in total. The van der Waals surface area contributed by atoms with Crippen LogP contribution in [0.4, 0.5) is 0 Å². The highest BCUT2D eigenvalue weighted by molar-refractivity contribution is 5.90. The summed E-state index contributed by atoms with van der Waals surface area (Å²) in [7, 11) is 0. The number of carbonyl (C=O) groups excluding carboxylic acids is 1. The van der Waals surface area contributed by atoms with Gasteiger partial charge in [-0.2, -0.15) is 0 Å². The molecular weight excluding hydrogens is 266 g/mol. The number of carbonyl (C=O) groups is 2. The molecule has 0 saturated carbocycles. The quantitative estimate of drug-likeness (QED) is 0.769. The lowest BCUT2D eigenvalue weighted by Crippen LogP contribution is -2.26. The third kappa shape index (κ3) is 4.60. The highest BCUT2D eigenvalue weighted by Gasteiger charge is 2.06. The Balaban J connectivity index is 1.86. The molecule has 0 fully saturated rings. The van der Waals surface area contributed by atoms with Crippen LogP contribution < -0.4 is 5.32 Å². The lowest BCUT2D eigenvalue weighted by molar-refractivity contribution is -0.137. The summed E-state index contributed by atoms with van der Waals surface area (Å²) in [4.78, 5) is 22.3. The molecule has 0 aliphatic heterocycles. The van der Waals surface area contributed by atoms with Crippen molar-refractivity contribution in [2.24, 2.45) is 0 Å². The predicted octanol–water partition coefficient (Wildman–Crippen LogP) is 2.75. The van der Waals surface area contributed by atoms with Gasteiger partial charge in [0.15, 0.2) is 0 Å². The van der Waals surface area contributed by atoms with Crippen LogP contribution in [0.25, 0.3) is 10.8 Å². The largest absolute Gasteiger partial charge is 0.481 e. The summed E-state index contributed by atoms with van der Waals surface area (Å²) in [5.41, 5.74) is 1.01. The van der Waals surface area contributed by atoms with Crippen molar-refractivity contribution in [1.29, 1.82) is 0 Å². The van der Waals surface area contributed by atoms with E-state index >= 15 is 0 Å². The number of unbranched alkanes of at least 4 members (excludes halogenated alkanes) is 1. The summed E-state index contributed by atoms with van der Waals surface area (Å²) in [6, 6.07) is 13.9. The van der Waals surface area contributed by atoms with Gasteiger partial charge < -0.3 is 10.4 Å². The van der Waals surface area contributed by atoms with Crippen molar-refractivity contribution >= 4 is 22.6 Å². The molecule has 110 valence electrons. The van der Waals surface area contributed by atoms with Crippen molar-refractivity contribution in [3.8, 4) is 0 Å². The molecule has 0 unspecified atom stereocenters. The third-order valence-electron chi connectivity index (χ3n) is 3.37. The molecule has 2 rings (SSSR count). The predicted molar refractivity (Wildman–Crippen MR) is 82.1 cm³/mol. The minimum Gasteiger partial charge on any atom is -0.481 e. The normalized spacial score (nSPS) is 10.5. The Hall–Kier alpha value is -2.36. The maximum atomic E-state index is 11.9. The van der Waals surface area contributed by atoms with Crippen LogP contribution in [0.2, 0.25) is 0 Å². The first-order valence-corrected chi connectivity index (χ1v) is 7.12. The fourth-order valence-electron chi connectivity index (χ4n) is 2.31. The van der Waals surface area contributed by atoms with Crippen LogP contribution in [0.15, 0.2) is 42.5 Å². The third-order valence-corrected chi connectivity index (χ3v) is 3.37. The van der Waals surface area contributed by atoms with Crippen molar-refractivity contribution in [2.75, 3.05) is 6.54 Å². The second-order valence-corrected chi connectivity index (χ2v) is 5.02. The van der Waals surface area contributed by atoms with Gasteiger partial charge >= 0.3 is 5.97 Å². The van der Waals surface area contributed by atoms with Crippen molar-refractivity contribution in [2.45, 2.75) is 25.7 Å². The van der Waals surface area contributed by atoms with Gasteiger partial charge in [0.2, 0.25) is 5.91 Å². The molecule has 2 aromatic carbocycles. The van der Waals surface area contributed by atoms with Crippen LogP contribution in [0, 0.1) is 0 Å². The first kappa shape index (κ1) is 15.0. The summed E-state index contributed by atoms with van der Waals surface area (Å²) >= 11 is 0. The highest BCUT2D eigenvalue weighted by atomic mass is 16.4. The monoisotopic (exact) mass is 285 g/mol. The lowest BCUT2D eigenvalue weighted by atomic mass is 10.0. The van der Waals surface area contributed by atoms with E-state index in [2.05, 4.69) is 5.32 Å². The van der Waals surface area contributed by atoms with E-state index in [1.165, 1.54) is 0 Å². The van der Waals surface area contributed by atoms with Crippen LogP contribution in [-0.4, -0.2) is 23.5 Å². The minimum atomic E-state index is -0.794. The summed E-state index contributed by atoms with van der Waals surface area (Å²) in [5.74, 6) is -0.821. The molecule has 0 saturated heterocycles. The van der Waals surface area contributed by atoms with Gasteiger partial charge in [0.05, 0.1) is 6.42 Å². The molecule has 4 heteroatoms. The number of rotatable bonds is 7. The fourth-order valence-corrected chi connectivity index (χ4v) is 2.31. The van der Waals surface area contributed by atoms with Crippen LogP contribution in [0.5, 0.6) is 0 Å². The van der Waals surface area contributed by atoms with Crippen molar-refractivity contribution < 1.29 is 14.7 Å². The Morgan fingerprint density at radius 2 is 1.76 bits per heavy atom. The first-order valence-electron chi connectivity index (χ1n) is 7.12. The molecule has 0 aromatic heterocycles. The van der Waals surface area contributed by atoms with Crippen LogP contribution >= 0.6 is 0 Å². The molecule has 0 radical (unpaired) electrons. The number of hydrogen-bond acceptors (Lipinski definition) is 2. The fraction of sp³-hybridized carbons (Fsp3) is 0.294. The van der Waals surface area contributed by atoms with Crippen LogP contribution in [0.1, 0.15) is 24.8 Å². The second-order valence-electron chi connectivity index (χ2n) is 5.02. The van der Waals surface area contributed by atoms with Gasteiger partial charge in [-0.3, -0.25) is 9.59 Å². The maximum Gasteiger partial charge on any atom is 0.303 e. The molecular formula is C17H19NO3. The Bertz CT molecular complexity index is 631. The molecule has 0 aliphatic carbocycles. The van der Waals surface area contributed by atoms with E-state index in [9.17, 15) is 9.59 Å². The zero-order valence-corrected chi connectivity index (χ0v) is 11.8. The number of fused-ring (bicyclic) bond motifs is 1. The summed E-state index contributed by atoms with van der Waals surface area (Å²) in [6.07, 6.45) is 1.77. The molecule has 0 spiro atoms.